The maximum Gasteiger partial charge on any atom is 0.239 e. The van der Waals surface area contributed by atoms with Crippen molar-refractivity contribution in [1.82, 2.24) is 15.1 Å². The minimum absolute atomic E-state index is 0.122. The molecule has 21 heavy (non-hydrogen) atoms. The molecule has 4 heteroatoms. The Morgan fingerprint density at radius 1 is 1.00 bits per heavy atom. The van der Waals surface area contributed by atoms with Crippen molar-refractivity contribution in [2.45, 2.75) is 57.4 Å². The van der Waals surface area contributed by atoms with Gasteiger partial charge in [-0.15, -0.1) is 0 Å². The van der Waals surface area contributed by atoms with E-state index in [0.717, 1.165) is 38.4 Å². The van der Waals surface area contributed by atoms with Crippen LogP contribution in [0.25, 0.3) is 0 Å². The summed E-state index contributed by atoms with van der Waals surface area (Å²) in [6.45, 7) is 6.94. The van der Waals surface area contributed by atoms with Gasteiger partial charge < -0.3 is 15.1 Å². The molecule has 0 aromatic carbocycles. The van der Waals surface area contributed by atoms with E-state index in [4.69, 9.17) is 0 Å². The number of rotatable bonds is 5. The molecular formula is C17H31N3O. The third-order valence-electron chi connectivity index (χ3n) is 5.57. The number of hydrogen-bond acceptors (Lipinski definition) is 3. The van der Waals surface area contributed by atoms with E-state index in [1.165, 1.54) is 58.2 Å². The highest BCUT2D eigenvalue weighted by atomic mass is 16.2. The molecule has 1 unspecified atom stereocenters. The Hall–Kier alpha value is -0.610. The molecule has 3 rings (SSSR count). The van der Waals surface area contributed by atoms with E-state index < -0.39 is 0 Å². The summed E-state index contributed by atoms with van der Waals surface area (Å²) >= 11 is 0. The molecule has 1 N–H and O–H groups in total. The van der Waals surface area contributed by atoms with Crippen molar-refractivity contribution >= 4 is 5.91 Å². The van der Waals surface area contributed by atoms with Gasteiger partial charge in [0, 0.05) is 13.1 Å². The summed E-state index contributed by atoms with van der Waals surface area (Å²) in [7, 11) is 0. The number of piperidine rings is 1. The minimum Gasteiger partial charge on any atom is -0.341 e. The summed E-state index contributed by atoms with van der Waals surface area (Å²) in [6.07, 6.45) is 10.1. The Balaban J connectivity index is 1.31. The average Bonchev–Trinajstić information content (AvgIpc) is 3.21. The van der Waals surface area contributed by atoms with Crippen molar-refractivity contribution in [2.75, 3.05) is 39.3 Å². The lowest BCUT2D eigenvalue weighted by Gasteiger charge is -2.33. The SMILES string of the molecule is O=C(C1CCCN1)N1CCC(CCCN2CCCC2)CC1. The average molecular weight is 293 g/mol. The summed E-state index contributed by atoms with van der Waals surface area (Å²) in [5, 5.41) is 3.33. The van der Waals surface area contributed by atoms with Gasteiger partial charge in [-0.25, -0.2) is 0 Å². The van der Waals surface area contributed by atoms with E-state index >= 15 is 0 Å². The fourth-order valence-electron chi connectivity index (χ4n) is 4.17. The minimum atomic E-state index is 0.122. The van der Waals surface area contributed by atoms with E-state index in [1.807, 2.05) is 0 Å². The van der Waals surface area contributed by atoms with Crippen molar-refractivity contribution in [3.8, 4) is 0 Å². The zero-order valence-electron chi connectivity index (χ0n) is 13.4. The van der Waals surface area contributed by atoms with Crippen molar-refractivity contribution < 1.29 is 4.79 Å². The van der Waals surface area contributed by atoms with Crippen LogP contribution in [0.1, 0.15) is 51.4 Å². The molecule has 3 aliphatic heterocycles. The van der Waals surface area contributed by atoms with Crippen LogP contribution in [-0.4, -0.2) is 61.0 Å². The van der Waals surface area contributed by atoms with Crippen LogP contribution in [0.5, 0.6) is 0 Å². The largest absolute Gasteiger partial charge is 0.341 e. The van der Waals surface area contributed by atoms with Crippen molar-refractivity contribution in [3.63, 3.8) is 0 Å². The zero-order chi connectivity index (χ0) is 14.5. The van der Waals surface area contributed by atoms with Gasteiger partial charge in [0.25, 0.3) is 0 Å². The van der Waals surface area contributed by atoms with Gasteiger partial charge in [0.2, 0.25) is 5.91 Å². The second-order valence-electron chi connectivity index (χ2n) is 7.11. The van der Waals surface area contributed by atoms with Crippen LogP contribution in [0, 0.1) is 5.92 Å². The molecule has 120 valence electrons. The van der Waals surface area contributed by atoms with Crippen LogP contribution in [0.2, 0.25) is 0 Å². The number of likely N-dealkylation sites (tertiary alicyclic amines) is 2. The molecule has 1 amide bonds. The van der Waals surface area contributed by atoms with E-state index in [-0.39, 0.29) is 6.04 Å². The highest BCUT2D eigenvalue weighted by molar-refractivity contribution is 5.82. The molecule has 0 saturated carbocycles. The second kappa shape index (κ2) is 7.59. The fraction of sp³-hybridized carbons (Fsp3) is 0.941. The first-order chi connectivity index (χ1) is 10.3. The molecule has 4 nitrogen and oxygen atoms in total. The van der Waals surface area contributed by atoms with Gasteiger partial charge in [-0.3, -0.25) is 4.79 Å². The van der Waals surface area contributed by atoms with E-state index in [0.29, 0.717) is 5.91 Å². The lowest BCUT2D eigenvalue weighted by Crippen LogP contribution is -2.47. The topological polar surface area (TPSA) is 35.6 Å². The Bertz CT molecular complexity index is 327. The molecule has 0 aromatic rings. The van der Waals surface area contributed by atoms with Crippen molar-refractivity contribution in [2.24, 2.45) is 5.92 Å². The Labute approximate surface area is 129 Å². The van der Waals surface area contributed by atoms with E-state index in [9.17, 15) is 4.79 Å². The molecule has 0 bridgehead atoms. The number of amides is 1. The quantitative estimate of drug-likeness (QED) is 0.840. The smallest absolute Gasteiger partial charge is 0.239 e. The number of nitrogens with one attached hydrogen (secondary N) is 1. The van der Waals surface area contributed by atoms with Crippen LogP contribution in [-0.2, 0) is 4.79 Å². The normalized spacial score (nSPS) is 28.4. The summed E-state index contributed by atoms with van der Waals surface area (Å²) in [5.41, 5.74) is 0. The first-order valence-electron chi connectivity index (χ1n) is 9.07. The molecule has 1 atom stereocenters. The molecular weight excluding hydrogens is 262 g/mol. The van der Waals surface area contributed by atoms with Crippen LogP contribution in [0.3, 0.4) is 0 Å². The maximum absolute atomic E-state index is 12.4. The Morgan fingerprint density at radius 2 is 1.76 bits per heavy atom. The van der Waals surface area contributed by atoms with Gasteiger partial charge >= 0.3 is 0 Å². The van der Waals surface area contributed by atoms with Crippen molar-refractivity contribution in [3.05, 3.63) is 0 Å². The van der Waals surface area contributed by atoms with E-state index in [1.54, 1.807) is 0 Å². The van der Waals surface area contributed by atoms with Gasteiger partial charge in [0.05, 0.1) is 6.04 Å². The third kappa shape index (κ3) is 4.19. The van der Waals surface area contributed by atoms with Gasteiger partial charge in [-0.2, -0.15) is 0 Å². The molecule has 3 fully saturated rings. The highest BCUT2D eigenvalue weighted by Gasteiger charge is 2.29. The van der Waals surface area contributed by atoms with Gasteiger partial charge in [-0.05, 0) is 83.5 Å². The third-order valence-corrected chi connectivity index (χ3v) is 5.57. The molecule has 0 aliphatic carbocycles. The highest BCUT2D eigenvalue weighted by Crippen LogP contribution is 2.23. The maximum atomic E-state index is 12.4. The van der Waals surface area contributed by atoms with Crippen molar-refractivity contribution in [1.29, 1.82) is 0 Å². The molecule has 0 radical (unpaired) electrons. The van der Waals surface area contributed by atoms with Crippen LogP contribution in [0.4, 0.5) is 0 Å². The zero-order valence-corrected chi connectivity index (χ0v) is 13.4. The number of hydrogen-bond donors (Lipinski definition) is 1. The number of carbonyl (C=O) groups is 1. The summed E-state index contributed by atoms with van der Waals surface area (Å²) in [5.74, 6) is 1.22. The summed E-state index contributed by atoms with van der Waals surface area (Å²) in [4.78, 5) is 17.1. The Kier molecular flexibility index (Phi) is 5.53. The van der Waals surface area contributed by atoms with Crippen LogP contribution >= 0.6 is 0 Å². The second-order valence-corrected chi connectivity index (χ2v) is 7.11. The number of nitrogens with zero attached hydrogens (tertiary/aromatic N) is 2. The van der Waals surface area contributed by atoms with Crippen LogP contribution < -0.4 is 5.32 Å². The van der Waals surface area contributed by atoms with Gasteiger partial charge in [0.15, 0.2) is 0 Å². The predicted molar refractivity (Wildman–Crippen MR) is 85.2 cm³/mol. The molecule has 3 heterocycles. The monoisotopic (exact) mass is 293 g/mol. The Morgan fingerprint density at radius 3 is 2.43 bits per heavy atom. The molecule has 0 aromatic heterocycles. The standard InChI is InChI=1S/C17H31N3O/c21-17(16-6-3-9-18-16)20-13-7-15(8-14-20)5-4-12-19-10-1-2-11-19/h15-16,18H,1-14H2. The van der Waals surface area contributed by atoms with E-state index in [2.05, 4.69) is 15.1 Å². The molecule has 3 saturated heterocycles. The number of carbonyl (C=O) groups excluding carboxylic acids is 1. The first kappa shape index (κ1) is 15.3. The lowest BCUT2D eigenvalue weighted by atomic mass is 9.91. The lowest BCUT2D eigenvalue weighted by molar-refractivity contribution is -0.134. The molecule has 3 aliphatic rings. The van der Waals surface area contributed by atoms with Crippen LogP contribution in [0.15, 0.2) is 0 Å². The summed E-state index contributed by atoms with van der Waals surface area (Å²) in [6, 6.07) is 0.122. The fourth-order valence-corrected chi connectivity index (χ4v) is 4.17. The molecule has 0 spiro atoms. The predicted octanol–water partition coefficient (Wildman–Crippen LogP) is 1.85. The van der Waals surface area contributed by atoms with Gasteiger partial charge in [-0.1, -0.05) is 0 Å². The first-order valence-corrected chi connectivity index (χ1v) is 9.07. The summed E-state index contributed by atoms with van der Waals surface area (Å²) < 4.78 is 0. The van der Waals surface area contributed by atoms with Gasteiger partial charge in [0.1, 0.15) is 0 Å².